The second-order valence-corrected chi connectivity index (χ2v) is 7.33. The van der Waals surface area contributed by atoms with E-state index in [4.69, 9.17) is 0 Å². The van der Waals surface area contributed by atoms with Crippen LogP contribution in [0.25, 0.3) is 6.08 Å². The Morgan fingerprint density at radius 3 is 2.36 bits per heavy atom. The molecule has 2 aromatic rings. The predicted molar refractivity (Wildman–Crippen MR) is 124 cm³/mol. The zero-order chi connectivity index (χ0) is 20.6. The number of nitrogens with two attached hydrogens (primary N) is 1. The van der Waals surface area contributed by atoms with Crippen LogP contribution in [-0.4, -0.2) is 20.1 Å². The molecule has 0 fully saturated rings. The zero-order valence-electron chi connectivity index (χ0n) is 17.9. The van der Waals surface area contributed by atoms with Gasteiger partial charge in [-0.2, -0.15) is 0 Å². The van der Waals surface area contributed by atoms with Gasteiger partial charge >= 0.3 is 0 Å². The molecule has 2 aromatic carbocycles. The van der Waals surface area contributed by atoms with Gasteiger partial charge in [0.05, 0.1) is 7.05 Å². The molecule has 0 aromatic heterocycles. The second-order valence-electron chi connectivity index (χ2n) is 7.33. The average molecular weight is 376 g/mol. The summed E-state index contributed by atoms with van der Waals surface area (Å²) < 4.78 is 0. The summed E-state index contributed by atoms with van der Waals surface area (Å²) >= 11 is 0. The molecule has 0 heterocycles. The van der Waals surface area contributed by atoms with Gasteiger partial charge in [-0.05, 0) is 43.5 Å². The SMILES string of the molecule is C=CCC(C)(C(=C)C=Cc1ccccc1)c1cc(N(CC)CC)ccc1[NH2+]C. The predicted octanol–water partition coefficient (Wildman–Crippen LogP) is 5.46. The molecule has 2 nitrogen and oxygen atoms in total. The number of rotatable bonds is 10. The molecule has 2 N–H and O–H groups in total. The smallest absolute Gasteiger partial charge is 0.133 e. The second kappa shape index (κ2) is 10.1. The monoisotopic (exact) mass is 375 g/mol. The van der Waals surface area contributed by atoms with Crippen LogP contribution in [0.15, 0.2) is 79.4 Å². The fraction of sp³-hybridized carbons (Fsp3) is 0.308. The van der Waals surface area contributed by atoms with Crippen molar-refractivity contribution in [2.75, 3.05) is 25.0 Å². The Morgan fingerprint density at radius 2 is 1.79 bits per heavy atom. The summed E-state index contributed by atoms with van der Waals surface area (Å²) in [6, 6.07) is 17.2. The van der Waals surface area contributed by atoms with Crippen LogP contribution >= 0.6 is 0 Å². The zero-order valence-corrected chi connectivity index (χ0v) is 17.9. The maximum Gasteiger partial charge on any atom is 0.133 e. The lowest BCUT2D eigenvalue weighted by molar-refractivity contribution is -0.540. The van der Waals surface area contributed by atoms with Gasteiger partial charge in [-0.15, -0.1) is 6.58 Å². The number of anilines is 1. The third kappa shape index (κ3) is 4.82. The van der Waals surface area contributed by atoms with Crippen molar-refractivity contribution in [2.24, 2.45) is 0 Å². The van der Waals surface area contributed by atoms with Crippen molar-refractivity contribution in [2.45, 2.75) is 32.6 Å². The van der Waals surface area contributed by atoms with Crippen molar-refractivity contribution in [1.29, 1.82) is 0 Å². The van der Waals surface area contributed by atoms with Gasteiger partial charge in [0.2, 0.25) is 0 Å². The highest BCUT2D eigenvalue weighted by Crippen LogP contribution is 2.40. The fourth-order valence-corrected chi connectivity index (χ4v) is 3.71. The summed E-state index contributed by atoms with van der Waals surface area (Å²) in [7, 11) is 2.10. The minimum absolute atomic E-state index is 0.210. The average Bonchev–Trinajstić information content (AvgIpc) is 2.73. The molecule has 2 rings (SSSR count). The van der Waals surface area contributed by atoms with Crippen molar-refractivity contribution >= 4 is 17.5 Å². The van der Waals surface area contributed by atoms with Gasteiger partial charge < -0.3 is 10.2 Å². The van der Waals surface area contributed by atoms with E-state index < -0.39 is 0 Å². The first kappa shape index (κ1) is 21.7. The van der Waals surface area contributed by atoms with Crippen LogP contribution in [0.4, 0.5) is 11.4 Å². The molecule has 148 valence electrons. The molecule has 0 spiro atoms. The Balaban J connectivity index is 2.50. The van der Waals surface area contributed by atoms with E-state index in [2.05, 4.69) is 106 Å². The summed E-state index contributed by atoms with van der Waals surface area (Å²) in [5.41, 5.74) is 5.90. The minimum Gasteiger partial charge on any atom is -0.372 e. The van der Waals surface area contributed by atoms with Crippen LogP contribution < -0.4 is 10.2 Å². The van der Waals surface area contributed by atoms with E-state index in [0.29, 0.717) is 0 Å². The molecule has 1 unspecified atom stereocenters. The molecule has 0 bridgehead atoms. The highest BCUT2D eigenvalue weighted by Gasteiger charge is 2.32. The van der Waals surface area contributed by atoms with E-state index in [0.717, 1.165) is 25.1 Å². The Labute approximate surface area is 171 Å². The highest BCUT2D eigenvalue weighted by molar-refractivity contribution is 5.62. The van der Waals surface area contributed by atoms with Crippen molar-refractivity contribution < 1.29 is 5.32 Å². The van der Waals surface area contributed by atoms with Gasteiger partial charge in [-0.3, -0.25) is 0 Å². The molecular formula is C26H35N2+. The minimum atomic E-state index is -0.210. The molecule has 0 aliphatic heterocycles. The Hall–Kier alpha value is -2.58. The highest BCUT2D eigenvalue weighted by atomic mass is 15.1. The summed E-state index contributed by atoms with van der Waals surface area (Å²) in [4.78, 5) is 2.39. The van der Waals surface area contributed by atoms with Gasteiger partial charge in [0.25, 0.3) is 0 Å². The molecule has 1 atom stereocenters. The summed E-state index contributed by atoms with van der Waals surface area (Å²) in [6.07, 6.45) is 7.15. The lowest BCUT2D eigenvalue weighted by Gasteiger charge is -2.32. The first-order valence-corrected chi connectivity index (χ1v) is 10.2. The first-order valence-electron chi connectivity index (χ1n) is 10.2. The van der Waals surface area contributed by atoms with Crippen LogP contribution in [0.3, 0.4) is 0 Å². The van der Waals surface area contributed by atoms with Crippen LogP contribution in [0.5, 0.6) is 0 Å². The van der Waals surface area contributed by atoms with Crippen LogP contribution in [-0.2, 0) is 5.41 Å². The number of nitrogens with zero attached hydrogens (tertiary/aromatic N) is 1. The lowest BCUT2D eigenvalue weighted by Crippen LogP contribution is -2.73. The molecule has 0 aliphatic carbocycles. The molecule has 0 aliphatic rings. The van der Waals surface area contributed by atoms with E-state index in [1.807, 2.05) is 12.1 Å². The van der Waals surface area contributed by atoms with E-state index in [9.17, 15) is 0 Å². The molecule has 28 heavy (non-hydrogen) atoms. The fourth-order valence-electron chi connectivity index (χ4n) is 3.71. The Bertz CT molecular complexity index is 816. The number of hydrogen-bond donors (Lipinski definition) is 1. The van der Waals surface area contributed by atoms with Crippen molar-refractivity contribution in [3.05, 3.63) is 90.5 Å². The van der Waals surface area contributed by atoms with E-state index in [1.54, 1.807) is 0 Å². The molecule has 0 radical (unpaired) electrons. The van der Waals surface area contributed by atoms with Crippen LogP contribution in [0.2, 0.25) is 0 Å². The topological polar surface area (TPSA) is 19.9 Å². The van der Waals surface area contributed by atoms with Crippen molar-refractivity contribution in [1.82, 2.24) is 0 Å². The summed E-state index contributed by atoms with van der Waals surface area (Å²) in [5, 5.41) is 2.19. The van der Waals surface area contributed by atoms with Gasteiger partial charge in [0.1, 0.15) is 5.69 Å². The Morgan fingerprint density at radius 1 is 1.11 bits per heavy atom. The largest absolute Gasteiger partial charge is 0.372 e. The number of quaternary nitrogens is 1. The van der Waals surface area contributed by atoms with E-state index in [1.165, 1.54) is 22.5 Å². The third-order valence-corrected chi connectivity index (χ3v) is 5.61. The standard InChI is InChI=1S/C26H34N2/c1-7-19-26(5,21(4)15-16-22-13-11-10-12-14-22)24-20-23(28(8-2)9-3)17-18-25(24)27-6/h7,10-18,20,27H,1,4,8-9,19H2,2-3,5-6H3/p+1. The lowest BCUT2D eigenvalue weighted by atomic mass is 9.72. The van der Waals surface area contributed by atoms with Gasteiger partial charge in [0.15, 0.2) is 0 Å². The molecular weight excluding hydrogens is 340 g/mol. The van der Waals surface area contributed by atoms with Crippen molar-refractivity contribution in [3.63, 3.8) is 0 Å². The normalized spacial score (nSPS) is 13.3. The van der Waals surface area contributed by atoms with Gasteiger partial charge in [0, 0.05) is 35.8 Å². The molecule has 0 amide bonds. The van der Waals surface area contributed by atoms with Crippen LogP contribution in [0, 0.1) is 0 Å². The van der Waals surface area contributed by atoms with E-state index >= 15 is 0 Å². The van der Waals surface area contributed by atoms with Crippen LogP contribution in [0.1, 0.15) is 38.3 Å². The van der Waals surface area contributed by atoms with Gasteiger partial charge in [-0.25, -0.2) is 0 Å². The number of allylic oxidation sites excluding steroid dienone is 3. The summed E-state index contributed by atoms with van der Waals surface area (Å²) in [6.45, 7) is 17.2. The van der Waals surface area contributed by atoms with Crippen molar-refractivity contribution in [3.8, 4) is 0 Å². The molecule has 2 heteroatoms. The quantitative estimate of drug-likeness (QED) is 0.332. The van der Waals surface area contributed by atoms with E-state index in [-0.39, 0.29) is 5.41 Å². The van der Waals surface area contributed by atoms with Gasteiger partial charge in [-0.1, -0.05) is 62.1 Å². The Kier molecular flexibility index (Phi) is 7.83. The third-order valence-electron chi connectivity index (χ3n) is 5.61. The molecule has 0 saturated heterocycles. The maximum absolute atomic E-state index is 4.47. The number of benzene rings is 2. The first-order chi connectivity index (χ1) is 13.5. The number of hydrogen-bond acceptors (Lipinski definition) is 1. The summed E-state index contributed by atoms with van der Waals surface area (Å²) in [5.74, 6) is 0. The molecule has 0 saturated carbocycles. The maximum atomic E-state index is 4.47.